The fourth-order valence-electron chi connectivity index (χ4n) is 3.32. The van der Waals surface area contributed by atoms with Gasteiger partial charge in [0.1, 0.15) is 5.82 Å². The Labute approximate surface area is 140 Å². The van der Waals surface area contributed by atoms with Crippen molar-refractivity contribution in [1.29, 1.82) is 0 Å². The van der Waals surface area contributed by atoms with Crippen molar-refractivity contribution in [3.05, 3.63) is 33.3 Å². The average molecular weight is 332 g/mol. The molecule has 3 rings (SSSR count). The molecule has 2 aromatic rings. The molecule has 0 bridgehead atoms. The molecule has 0 aromatic carbocycles. The number of aromatic amines is 1. The number of rotatable bonds is 4. The van der Waals surface area contributed by atoms with Gasteiger partial charge in [0.25, 0.3) is 0 Å². The third-order valence-corrected chi connectivity index (χ3v) is 4.75. The van der Waals surface area contributed by atoms with E-state index in [0.29, 0.717) is 25.8 Å². The molecule has 1 aliphatic heterocycles. The van der Waals surface area contributed by atoms with E-state index in [4.69, 9.17) is 0 Å². The summed E-state index contributed by atoms with van der Waals surface area (Å²) in [7, 11) is 1.67. The van der Waals surface area contributed by atoms with Crippen molar-refractivity contribution in [2.45, 2.75) is 58.5 Å². The van der Waals surface area contributed by atoms with Gasteiger partial charge in [0.2, 0.25) is 5.91 Å². The molecule has 0 saturated carbocycles. The van der Waals surface area contributed by atoms with Crippen LogP contribution in [0.2, 0.25) is 0 Å². The quantitative estimate of drug-likeness (QED) is 0.845. The first-order chi connectivity index (χ1) is 11.5. The summed E-state index contributed by atoms with van der Waals surface area (Å²) in [5.74, 6) is 0.858. The molecule has 2 aromatic heterocycles. The third kappa shape index (κ3) is 3.27. The van der Waals surface area contributed by atoms with Crippen LogP contribution in [0.4, 0.5) is 0 Å². The van der Waals surface area contributed by atoms with Gasteiger partial charge in [-0.05, 0) is 38.7 Å². The number of H-pyrrole nitrogens is 1. The predicted molar refractivity (Wildman–Crippen MR) is 88.7 cm³/mol. The molecule has 8 nitrogen and oxygen atoms in total. The third-order valence-electron chi connectivity index (χ3n) is 4.75. The lowest BCUT2D eigenvalue weighted by atomic mass is 10.1. The molecule has 0 saturated heterocycles. The number of amides is 1. The Hall–Kier alpha value is -2.38. The summed E-state index contributed by atoms with van der Waals surface area (Å²) in [6, 6.07) is 0.0930. The lowest BCUT2D eigenvalue weighted by molar-refractivity contribution is -0.121. The minimum atomic E-state index is -0.0807. The summed E-state index contributed by atoms with van der Waals surface area (Å²) < 4.78 is 3.09. The second kappa shape index (κ2) is 6.62. The maximum atomic E-state index is 12.2. The van der Waals surface area contributed by atoms with Gasteiger partial charge in [0.05, 0.1) is 5.69 Å². The molecule has 3 heterocycles. The summed E-state index contributed by atoms with van der Waals surface area (Å²) in [6.45, 7) is 4.53. The van der Waals surface area contributed by atoms with Gasteiger partial charge in [-0.1, -0.05) is 0 Å². The van der Waals surface area contributed by atoms with Crippen LogP contribution in [0.3, 0.4) is 0 Å². The van der Waals surface area contributed by atoms with Gasteiger partial charge in [-0.15, -0.1) is 0 Å². The van der Waals surface area contributed by atoms with E-state index in [-0.39, 0.29) is 17.6 Å². The fraction of sp³-hybridized carbons (Fsp3) is 0.625. The molecule has 1 atom stereocenters. The standard InChI is InChI=1S/C16H24N6O2/c1-10-13(11(2)19-18-10)5-7-15(23)17-12-4-6-14-20-21(3)16(24)22(14)9-8-12/h12H,4-9H2,1-3H3,(H,17,23)(H,18,19). The van der Waals surface area contributed by atoms with Crippen molar-refractivity contribution >= 4 is 5.91 Å². The largest absolute Gasteiger partial charge is 0.353 e. The van der Waals surface area contributed by atoms with Crippen molar-refractivity contribution < 1.29 is 4.79 Å². The Morgan fingerprint density at radius 2 is 2.17 bits per heavy atom. The molecule has 2 N–H and O–H groups in total. The molecule has 0 radical (unpaired) electrons. The number of carbonyl (C=O) groups is 1. The van der Waals surface area contributed by atoms with Crippen LogP contribution in [0.15, 0.2) is 4.79 Å². The van der Waals surface area contributed by atoms with E-state index in [9.17, 15) is 9.59 Å². The van der Waals surface area contributed by atoms with Crippen molar-refractivity contribution in [3.8, 4) is 0 Å². The topological polar surface area (TPSA) is 97.6 Å². The fourth-order valence-corrected chi connectivity index (χ4v) is 3.32. The van der Waals surface area contributed by atoms with Gasteiger partial charge in [-0.3, -0.25) is 14.5 Å². The van der Waals surface area contributed by atoms with E-state index in [2.05, 4.69) is 20.6 Å². The van der Waals surface area contributed by atoms with Crippen LogP contribution < -0.4 is 11.0 Å². The van der Waals surface area contributed by atoms with E-state index < -0.39 is 0 Å². The van der Waals surface area contributed by atoms with Crippen LogP contribution >= 0.6 is 0 Å². The SMILES string of the molecule is Cc1n[nH]c(C)c1CCC(=O)NC1CCc2nn(C)c(=O)n2CC1. The highest BCUT2D eigenvalue weighted by atomic mass is 16.2. The van der Waals surface area contributed by atoms with Crippen LogP contribution in [0.25, 0.3) is 0 Å². The molecule has 130 valence electrons. The maximum absolute atomic E-state index is 12.2. The number of hydrogen-bond donors (Lipinski definition) is 2. The van der Waals surface area contributed by atoms with Crippen molar-refractivity contribution in [2.75, 3.05) is 0 Å². The Morgan fingerprint density at radius 1 is 1.38 bits per heavy atom. The van der Waals surface area contributed by atoms with Crippen LogP contribution in [-0.2, 0) is 31.2 Å². The van der Waals surface area contributed by atoms with Crippen LogP contribution in [0, 0.1) is 13.8 Å². The van der Waals surface area contributed by atoms with E-state index >= 15 is 0 Å². The number of aromatic nitrogens is 5. The first kappa shape index (κ1) is 16.5. The Bertz CT molecular complexity index is 781. The zero-order chi connectivity index (χ0) is 17.3. The first-order valence-corrected chi connectivity index (χ1v) is 8.38. The lowest BCUT2D eigenvalue weighted by Crippen LogP contribution is -2.35. The summed E-state index contributed by atoms with van der Waals surface area (Å²) >= 11 is 0. The second-order valence-electron chi connectivity index (χ2n) is 6.48. The van der Waals surface area contributed by atoms with Crippen molar-refractivity contribution in [2.24, 2.45) is 7.05 Å². The molecule has 1 amide bonds. The Balaban J connectivity index is 1.53. The molecule has 8 heteroatoms. The van der Waals surface area contributed by atoms with E-state index in [0.717, 1.165) is 35.6 Å². The predicted octanol–water partition coefficient (Wildman–Crippen LogP) is 0.376. The summed E-state index contributed by atoms with van der Waals surface area (Å²) in [4.78, 5) is 24.2. The first-order valence-electron chi connectivity index (χ1n) is 8.38. The van der Waals surface area contributed by atoms with Crippen LogP contribution in [-0.4, -0.2) is 36.5 Å². The highest BCUT2D eigenvalue weighted by Crippen LogP contribution is 2.14. The van der Waals surface area contributed by atoms with E-state index in [1.165, 1.54) is 4.68 Å². The molecule has 0 fully saturated rings. The zero-order valence-electron chi connectivity index (χ0n) is 14.4. The lowest BCUT2D eigenvalue weighted by Gasteiger charge is -2.16. The van der Waals surface area contributed by atoms with Gasteiger partial charge in [-0.2, -0.15) is 10.2 Å². The number of carbonyl (C=O) groups excluding carboxylic acids is 1. The summed E-state index contributed by atoms with van der Waals surface area (Å²) in [5.41, 5.74) is 3.02. The molecule has 1 aliphatic rings. The van der Waals surface area contributed by atoms with Gasteiger partial charge in [0.15, 0.2) is 0 Å². The highest BCUT2D eigenvalue weighted by molar-refractivity contribution is 5.76. The van der Waals surface area contributed by atoms with Crippen LogP contribution in [0.5, 0.6) is 0 Å². The average Bonchev–Trinajstić information content (AvgIpc) is 2.91. The maximum Gasteiger partial charge on any atom is 0.345 e. The van der Waals surface area contributed by atoms with Crippen molar-refractivity contribution in [3.63, 3.8) is 0 Å². The van der Waals surface area contributed by atoms with E-state index in [1.807, 2.05) is 13.8 Å². The summed E-state index contributed by atoms with van der Waals surface area (Å²) in [5, 5.41) is 14.5. The summed E-state index contributed by atoms with van der Waals surface area (Å²) in [6.07, 6.45) is 3.42. The van der Waals surface area contributed by atoms with Gasteiger partial charge in [-0.25, -0.2) is 9.48 Å². The number of nitrogens with one attached hydrogen (secondary N) is 2. The van der Waals surface area contributed by atoms with Crippen molar-refractivity contribution in [1.82, 2.24) is 29.9 Å². The minimum absolute atomic E-state index is 0.0486. The second-order valence-corrected chi connectivity index (χ2v) is 6.48. The number of aryl methyl sites for hydroxylation is 4. The Kier molecular flexibility index (Phi) is 4.55. The highest BCUT2D eigenvalue weighted by Gasteiger charge is 2.21. The molecule has 0 spiro atoms. The van der Waals surface area contributed by atoms with Gasteiger partial charge < -0.3 is 5.32 Å². The zero-order valence-corrected chi connectivity index (χ0v) is 14.4. The van der Waals surface area contributed by atoms with Crippen LogP contribution in [0.1, 0.15) is 42.0 Å². The molecular weight excluding hydrogens is 308 g/mol. The number of hydrogen-bond acceptors (Lipinski definition) is 4. The number of nitrogens with zero attached hydrogens (tertiary/aromatic N) is 4. The smallest absolute Gasteiger partial charge is 0.345 e. The molecule has 24 heavy (non-hydrogen) atoms. The minimum Gasteiger partial charge on any atom is -0.353 e. The normalized spacial score (nSPS) is 17.4. The van der Waals surface area contributed by atoms with Gasteiger partial charge >= 0.3 is 5.69 Å². The van der Waals surface area contributed by atoms with Gasteiger partial charge in [0, 0.05) is 38.2 Å². The Morgan fingerprint density at radius 3 is 2.88 bits per heavy atom. The van der Waals surface area contributed by atoms with E-state index in [1.54, 1.807) is 11.6 Å². The molecule has 1 unspecified atom stereocenters. The molecular formula is C16H24N6O2. The monoisotopic (exact) mass is 332 g/mol. The number of fused-ring (bicyclic) bond motifs is 1. The molecule has 0 aliphatic carbocycles.